The monoisotopic (exact) mass is 125 g/mol. The molecule has 0 radical (unpaired) electrons. The van der Waals surface area contributed by atoms with Crippen LogP contribution in [0.2, 0.25) is 0 Å². The van der Waals surface area contributed by atoms with Gasteiger partial charge in [-0.1, -0.05) is 13.8 Å². The lowest BCUT2D eigenvalue weighted by Crippen LogP contribution is -2.30. The Balaban J connectivity index is 1.90. The summed E-state index contributed by atoms with van der Waals surface area (Å²) >= 11 is 0. The largest absolute Gasteiger partial charge is 0.311 e. The first kappa shape index (κ1) is 5.72. The van der Waals surface area contributed by atoms with Crippen LogP contribution in [0.5, 0.6) is 0 Å². The highest BCUT2D eigenvalue weighted by Crippen LogP contribution is 2.42. The molecule has 2 aliphatic rings. The normalized spacial score (nSPS) is 47.7. The lowest BCUT2D eigenvalue weighted by Gasteiger charge is -2.16. The fraction of sp³-hybridized carbons (Fsp3) is 1.00. The van der Waals surface area contributed by atoms with Gasteiger partial charge in [-0.3, -0.25) is 0 Å². The van der Waals surface area contributed by atoms with Crippen molar-refractivity contribution in [1.82, 2.24) is 5.32 Å². The van der Waals surface area contributed by atoms with Crippen LogP contribution in [-0.4, -0.2) is 12.1 Å². The molecule has 0 aromatic rings. The minimum atomic E-state index is 0.841. The van der Waals surface area contributed by atoms with E-state index in [1.165, 1.54) is 12.8 Å². The van der Waals surface area contributed by atoms with E-state index in [9.17, 15) is 0 Å². The standard InChI is InChI=1S/C8H15N/c1-5(2)7-3-6-4-8(6)9-7/h5-9H,3-4H2,1-2H3. The maximum absolute atomic E-state index is 3.63. The third kappa shape index (κ3) is 0.877. The van der Waals surface area contributed by atoms with Gasteiger partial charge in [0.1, 0.15) is 0 Å². The summed E-state index contributed by atoms with van der Waals surface area (Å²) in [6.45, 7) is 4.62. The topological polar surface area (TPSA) is 12.0 Å². The van der Waals surface area contributed by atoms with Crippen LogP contribution in [0.4, 0.5) is 0 Å². The van der Waals surface area contributed by atoms with Crippen molar-refractivity contribution in [3.05, 3.63) is 0 Å². The quantitative estimate of drug-likeness (QED) is 0.558. The number of piperidine rings is 1. The zero-order valence-electron chi connectivity index (χ0n) is 6.22. The van der Waals surface area contributed by atoms with Crippen molar-refractivity contribution in [2.75, 3.05) is 0 Å². The molecule has 1 saturated heterocycles. The Morgan fingerprint density at radius 1 is 1.33 bits per heavy atom. The molecule has 1 aliphatic heterocycles. The zero-order valence-corrected chi connectivity index (χ0v) is 6.22. The average molecular weight is 125 g/mol. The molecule has 1 heteroatoms. The highest BCUT2D eigenvalue weighted by atomic mass is 15.1. The first-order valence-electron chi connectivity index (χ1n) is 4.03. The first-order valence-corrected chi connectivity index (χ1v) is 4.03. The van der Waals surface area contributed by atoms with Gasteiger partial charge < -0.3 is 5.32 Å². The third-order valence-electron chi connectivity index (χ3n) is 2.71. The molecule has 3 unspecified atom stereocenters. The summed E-state index contributed by atoms with van der Waals surface area (Å²) in [4.78, 5) is 0. The summed E-state index contributed by atoms with van der Waals surface area (Å²) in [6, 6.07) is 1.77. The van der Waals surface area contributed by atoms with Crippen molar-refractivity contribution in [3.8, 4) is 0 Å². The highest BCUT2D eigenvalue weighted by molar-refractivity contribution is 5.03. The minimum absolute atomic E-state index is 0.841. The lowest BCUT2D eigenvalue weighted by atomic mass is 10.0. The van der Waals surface area contributed by atoms with E-state index < -0.39 is 0 Å². The van der Waals surface area contributed by atoms with Crippen molar-refractivity contribution >= 4 is 0 Å². The molecule has 0 aromatic heterocycles. The summed E-state index contributed by atoms with van der Waals surface area (Å²) in [7, 11) is 0. The molecular formula is C8H15N. The molecule has 1 aliphatic carbocycles. The van der Waals surface area contributed by atoms with Gasteiger partial charge in [-0.25, -0.2) is 0 Å². The molecule has 0 aromatic carbocycles. The second kappa shape index (κ2) is 1.72. The van der Waals surface area contributed by atoms with Crippen LogP contribution in [-0.2, 0) is 0 Å². The second-order valence-corrected chi connectivity index (χ2v) is 3.86. The van der Waals surface area contributed by atoms with E-state index in [4.69, 9.17) is 0 Å². The summed E-state index contributed by atoms with van der Waals surface area (Å²) < 4.78 is 0. The molecule has 52 valence electrons. The predicted octanol–water partition coefficient (Wildman–Crippen LogP) is 1.39. The van der Waals surface area contributed by atoms with E-state index in [-0.39, 0.29) is 0 Å². The van der Waals surface area contributed by atoms with Crippen LogP contribution in [0, 0.1) is 11.8 Å². The number of hydrogen-bond donors (Lipinski definition) is 1. The molecule has 2 rings (SSSR count). The lowest BCUT2D eigenvalue weighted by molar-refractivity contribution is 0.416. The fourth-order valence-electron chi connectivity index (χ4n) is 1.85. The molecule has 0 bridgehead atoms. The summed E-state index contributed by atoms with van der Waals surface area (Å²) in [6.07, 6.45) is 2.91. The van der Waals surface area contributed by atoms with Gasteiger partial charge in [-0.15, -0.1) is 0 Å². The first-order chi connectivity index (χ1) is 4.27. The molecule has 9 heavy (non-hydrogen) atoms. The highest BCUT2D eigenvalue weighted by Gasteiger charge is 2.45. The number of nitrogens with one attached hydrogen (secondary N) is 1. The van der Waals surface area contributed by atoms with Gasteiger partial charge in [0.2, 0.25) is 0 Å². The van der Waals surface area contributed by atoms with Gasteiger partial charge in [-0.05, 0) is 24.7 Å². The van der Waals surface area contributed by atoms with E-state index in [2.05, 4.69) is 19.2 Å². The Bertz CT molecular complexity index is 110. The van der Waals surface area contributed by atoms with Crippen LogP contribution in [0.25, 0.3) is 0 Å². The van der Waals surface area contributed by atoms with Crippen LogP contribution < -0.4 is 5.32 Å². The molecule has 0 spiro atoms. The SMILES string of the molecule is CC(C)C1CC2CC2N1. The van der Waals surface area contributed by atoms with Crippen LogP contribution in [0.1, 0.15) is 26.7 Å². The summed E-state index contributed by atoms with van der Waals surface area (Å²) in [5.41, 5.74) is 0. The molecule has 1 saturated carbocycles. The molecule has 1 heterocycles. The molecule has 2 fully saturated rings. The van der Waals surface area contributed by atoms with Crippen molar-refractivity contribution in [3.63, 3.8) is 0 Å². The van der Waals surface area contributed by atoms with Crippen molar-refractivity contribution < 1.29 is 0 Å². The van der Waals surface area contributed by atoms with Gasteiger partial charge in [0.05, 0.1) is 0 Å². The van der Waals surface area contributed by atoms with Crippen molar-refractivity contribution in [2.24, 2.45) is 11.8 Å². The number of fused-ring (bicyclic) bond motifs is 1. The predicted molar refractivity (Wildman–Crippen MR) is 38.3 cm³/mol. The second-order valence-electron chi connectivity index (χ2n) is 3.86. The Hall–Kier alpha value is -0.0400. The molecule has 1 nitrogen and oxygen atoms in total. The number of rotatable bonds is 1. The number of hydrogen-bond acceptors (Lipinski definition) is 1. The van der Waals surface area contributed by atoms with Gasteiger partial charge in [-0.2, -0.15) is 0 Å². The van der Waals surface area contributed by atoms with E-state index in [1.54, 1.807) is 0 Å². The van der Waals surface area contributed by atoms with Crippen LogP contribution >= 0.6 is 0 Å². The van der Waals surface area contributed by atoms with Crippen LogP contribution in [0.3, 0.4) is 0 Å². The van der Waals surface area contributed by atoms with Gasteiger partial charge >= 0.3 is 0 Å². The maximum atomic E-state index is 3.63. The van der Waals surface area contributed by atoms with Gasteiger partial charge in [0.15, 0.2) is 0 Å². The Labute approximate surface area is 56.8 Å². The van der Waals surface area contributed by atoms with E-state index in [1.807, 2.05) is 0 Å². The van der Waals surface area contributed by atoms with E-state index in [0.717, 1.165) is 23.9 Å². The smallest absolute Gasteiger partial charge is 0.0102 e. The van der Waals surface area contributed by atoms with E-state index in [0.29, 0.717) is 0 Å². The Kier molecular flexibility index (Phi) is 1.10. The Morgan fingerprint density at radius 2 is 2.11 bits per heavy atom. The van der Waals surface area contributed by atoms with Crippen LogP contribution in [0.15, 0.2) is 0 Å². The van der Waals surface area contributed by atoms with Crippen molar-refractivity contribution in [2.45, 2.75) is 38.8 Å². The zero-order chi connectivity index (χ0) is 6.43. The fourth-order valence-corrected chi connectivity index (χ4v) is 1.85. The third-order valence-corrected chi connectivity index (χ3v) is 2.71. The molecule has 3 atom stereocenters. The Morgan fingerprint density at radius 3 is 2.44 bits per heavy atom. The van der Waals surface area contributed by atoms with E-state index >= 15 is 0 Å². The van der Waals surface area contributed by atoms with Gasteiger partial charge in [0.25, 0.3) is 0 Å². The summed E-state index contributed by atoms with van der Waals surface area (Å²) in [5, 5.41) is 3.63. The average Bonchev–Trinajstić information content (AvgIpc) is 2.40. The van der Waals surface area contributed by atoms with Gasteiger partial charge in [0, 0.05) is 12.1 Å². The minimum Gasteiger partial charge on any atom is -0.311 e. The summed E-state index contributed by atoms with van der Waals surface area (Å²) in [5.74, 6) is 1.91. The molecular weight excluding hydrogens is 110 g/mol. The molecule has 0 amide bonds. The maximum Gasteiger partial charge on any atom is 0.0102 e. The molecule has 1 N–H and O–H groups in total. The van der Waals surface area contributed by atoms with Crippen molar-refractivity contribution in [1.29, 1.82) is 0 Å².